The third kappa shape index (κ3) is 3.05. The van der Waals surface area contributed by atoms with Gasteiger partial charge in [0.1, 0.15) is 22.8 Å². The van der Waals surface area contributed by atoms with Crippen molar-refractivity contribution in [3.63, 3.8) is 0 Å². The maximum absolute atomic E-state index is 13.4. The van der Waals surface area contributed by atoms with Crippen LogP contribution in [0, 0.1) is 11.8 Å². The molecule has 1 saturated carbocycles. The number of ketones is 2. The second-order valence-electron chi connectivity index (χ2n) is 8.40. The highest BCUT2D eigenvalue weighted by molar-refractivity contribution is 6.22. The molecule has 5 N–H and O–H groups in total. The van der Waals surface area contributed by atoms with Crippen molar-refractivity contribution < 1.29 is 34.4 Å². The van der Waals surface area contributed by atoms with Crippen LogP contribution in [0.15, 0.2) is 35.1 Å². The monoisotopic (exact) mass is 427 g/mol. The molecular weight excluding hydrogens is 402 g/mol. The first kappa shape index (κ1) is 21.1. The first-order valence-electron chi connectivity index (χ1n) is 10.4. The van der Waals surface area contributed by atoms with Crippen molar-refractivity contribution in [3.05, 3.63) is 46.2 Å². The second kappa shape index (κ2) is 7.53. The van der Waals surface area contributed by atoms with Gasteiger partial charge in [-0.05, 0) is 36.8 Å². The summed E-state index contributed by atoms with van der Waals surface area (Å²) in [5, 5.41) is 32.9. The Kier molecular flexibility index (Phi) is 5.13. The molecule has 0 spiro atoms. The number of carbonyl (C=O) groups is 3. The Balaban J connectivity index is 1.83. The molecule has 1 aromatic carbocycles. The Labute approximate surface area is 179 Å². The molecule has 1 amide bonds. The number of primary amides is 1. The number of unbranched alkanes of at least 4 members (excludes halogenated alkanes) is 1. The van der Waals surface area contributed by atoms with Crippen molar-refractivity contribution in [1.82, 2.24) is 0 Å². The van der Waals surface area contributed by atoms with Crippen molar-refractivity contribution in [3.8, 4) is 5.75 Å². The summed E-state index contributed by atoms with van der Waals surface area (Å²) in [5.41, 5.74) is 3.13. The number of hydrogen-bond acceptors (Lipinski definition) is 7. The fourth-order valence-corrected chi connectivity index (χ4v) is 4.99. The minimum Gasteiger partial charge on any atom is -0.508 e. The van der Waals surface area contributed by atoms with Crippen molar-refractivity contribution in [1.29, 1.82) is 0 Å². The number of nitrogens with two attached hydrogens (primary N) is 1. The number of rotatable bonds is 5. The number of ether oxygens (including phenoxy) is 1. The Morgan fingerprint density at radius 1 is 1.26 bits per heavy atom. The predicted octanol–water partition coefficient (Wildman–Crippen LogP) is 1.90. The Morgan fingerprint density at radius 3 is 2.68 bits per heavy atom. The van der Waals surface area contributed by atoms with Gasteiger partial charge in [0.25, 0.3) is 5.91 Å². The molecule has 0 unspecified atom stereocenters. The molecular formula is C23H25NO7. The summed E-state index contributed by atoms with van der Waals surface area (Å²) >= 11 is 0. The van der Waals surface area contributed by atoms with E-state index in [2.05, 4.69) is 0 Å². The Hall–Kier alpha value is -3.13. The topological polar surface area (TPSA) is 147 Å². The van der Waals surface area contributed by atoms with Gasteiger partial charge in [-0.25, -0.2) is 0 Å². The Morgan fingerprint density at radius 2 is 2.00 bits per heavy atom. The summed E-state index contributed by atoms with van der Waals surface area (Å²) in [4.78, 5) is 37.4. The number of aliphatic hydroxyl groups is 3. The summed E-state index contributed by atoms with van der Waals surface area (Å²) in [6.45, 7) is 2.48. The highest BCUT2D eigenvalue weighted by Gasteiger charge is 2.60. The first-order chi connectivity index (χ1) is 14.7. The average Bonchev–Trinajstić information content (AvgIpc) is 2.70. The van der Waals surface area contributed by atoms with Gasteiger partial charge in [0.15, 0.2) is 11.4 Å². The average molecular weight is 427 g/mol. The summed E-state index contributed by atoms with van der Waals surface area (Å²) in [6.07, 6.45) is 2.07. The number of hydrogen-bond donors (Lipinski definition) is 4. The van der Waals surface area contributed by atoms with Crippen LogP contribution in [0.4, 0.5) is 0 Å². The van der Waals surface area contributed by atoms with Gasteiger partial charge in [0.2, 0.25) is 5.78 Å². The molecule has 3 aliphatic carbocycles. The van der Waals surface area contributed by atoms with Crippen LogP contribution in [-0.2, 0) is 20.8 Å². The summed E-state index contributed by atoms with van der Waals surface area (Å²) in [6, 6.07) is 5.37. The number of Topliss-reactive ketones (excluding diaryl/α,β-unsaturated/α-hetero) is 2. The van der Waals surface area contributed by atoms with E-state index >= 15 is 0 Å². The molecule has 0 radical (unpaired) electrons. The molecule has 4 rings (SSSR count). The zero-order chi connectivity index (χ0) is 22.5. The molecule has 0 heterocycles. The summed E-state index contributed by atoms with van der Waals surface area (Å²) < 4.78 is 5.81. The zero-order valence-electron chi connectivity index (χ0n) is 17.2. The van der Waals surface area contributed by atoms with Gasteiger partial charge in [-0.15, -0.1) is 0 Å². The molecule has 3 atom stereocenters. The quantitative estimate of drug-likeness (QED) is 0.414. The van der Waals surface area contributed by atoms with Gasteiger partial charge in [-0.1, -0.05) is 25.5 Å². The zero-order valence-corrected chi connectivity index (χ0v) is 17.2. The van der Waals surface area contributed by atoms with Crippen LogP contribution < -0.4 is 10.5 Å². The van der Waals surface area contributed by atoms with E-state index in [1.807, 2.05) is 19.1 Å². The SMILES string of the molecule is CCCCOc1cccc2c1C(O)=C1C(=O)[C@]3(O)C(O)=C(C(N)=O)C(=O)C[C@@H]3C[C@@H]1C2. The van der Waals surface area contributed by atoms with Crippen molar-refractivity contribution >= 4 is 23.2 Å². The number of aliphatic hydroxyl groups excluding tert-OH is 2. The molecule has 164 valence electrons. The lowest BCUT2D eigenvalue weighted by molar-refractivity contribution is -0.147. The van der Waals surface area contributed by atoms with Gasteiger partial charge in [0, 0.05) is 17.9 Å². The van der Waals surface area contributed by atoms with E-state index in [0.29, 0.717) is 24.3 Å². The fraction of sp³-hybridized carbons (Fsp3) is 0.435. The maximum atomic E-state index is 13.4. The minimum atomic E-state index is -2.48. The summed E-state index contributed by atoms with van der Waals surface area (Å²) in [7, 11) is 0. The molecule has 1 aromatic rings. The van der Waals surface area contributed by atoms with Crippen molar-refractivity contribution in [2.24, 2.45) is 17.6 Å². The largest absolute Gasteiger partial charge is 0.508 e. The van der Waals surface area contributed by atoms with E-state index in [4.69, 9.17) is 10.5 Å². The highest BCUT2D eigenvalue weighted by Crippen LogP contribution is 2.51. The van der Waals surface area contributed by atoms with Crippen LogP contribution in [0.3, 0.4) is 0 Å². The molecule has 0 bridgehead atoms. The lowest BCUT2D eigenvalue weighted by Gasteiger charge is -2.46. The van der Waals surface area contributed by atoms with E-state index in [1.165, 1.54) is 0 Å². The third-order valence-corrected chi connectivity index (χ3v) is 6.54. The lowest BCUT2D eigenvalue weighted by atomic mass is 9.59. The van der Waals surface area contributed by atoms with Crippen LogP contribution in [0.5, 0.6) is 5.75 Å². The predicted molar refractivity (Wildman–Crippen MR) is 110 cm³/mol. The molecule has 3 aliphatic rings. The molecule has 8 heteroatoms. The second-order valence-corrected chi connectivity index (χ2v) is 8.40. The van der Waals surface area contributed by atoms with E-state index in [0.717, 1.165) is 18.4 Å². The van der Waals surface area contributed by atoms with Crippen LogP contribution in [0.25, 0.3) is 5.76 Å². The molecule has 31 heavy (non-hydrogen) atoms. The van der Waals surface area contributed by atoms with Crippen LogP contribution in [-0.4, -0.2) is 45.0 Å². The lowest BCUT2D eigenvalue weighted by Crippen LogP contribution is -2.58. The molecule has 0 aromatic heterocycles. The molecule has 0 aliphatic heterocycles. The van der Waals surface area contributed by atoms with Crippen molar-refractivity contribution in [2.45, 2.75) is 44.6 Å². The van der Waals surface area contributed by atoms with E-state index in [9.17, 15) is 29.7 Å². The normalized spacial score (nSPS) is 27.5. The Bertz CT molecular complexity index is 1050. The first-order valence-corrected chi connectivity index (χ1v) is 10.4. The molecule has 0 saturated heterocycles. The number of amides is 1. The van der Waals surface area contributed by atoms with Crippen LogP contribution in [0.1, 0.15) is 43.7 Å². The van der Waals surface area contributed by atoms with E-state index in [1.54, 1.807) is 6.07 Å². The standard InChI is InChI=1S/C23H25NO7/c1-2-3-7-31-15-6-4-5-11-8-12-9-13-10-14(25)18(22(24)29)21(28)23(13,30)20(27)17(12)19(26)16(11)15/h4-6,12-13,26,28,30H,2-3,7-10H2,1H3,(H2,24,29)/t12-,13-,23-/m0/s1. The number of fused-ring (bicyclic) bond motifs is 3. The van der Waals surface area contributed by atoms with Gasteiger partial charge in [-0.3, -0.25) is 14.4 Å². The fourth-order valence-electron chi connectivity index (χ4n) is 4.99. The van der Waals surface area contributed by atoms with Gasteiger partial charge in [-0.2, -0.15) is 0 Å². The molecule has 8 nitrogen and oxygen atoms in total. The van der Waals surface area contributed by atoms with E-state index in [-0.39, 0.29) is 24.2 Å². The van der Waals surface area contributed by atoms with Gasteiger partial charge in [0.05, 0.1) is 12.2 Å². The number of benzene rings is 1. The van der Waals surface area contributed by atoms with Crippen LogP contribution in [0.2, 0.25) is 0 Å². The molecule has 1 fully saturated rings. The van der Waals surface area contributed by atoms with Crippen LogP contribution >= 0.6 is 0 Å². The summed E-state index contributed by atoms with van der Waals surface area (Å²) in [5.74, 6) is -5.06. The smallest absolute Gasteiger partial charge is 0.255 e. The van der Waals surface area contributed by atoms with E-state index < -0.39 is 46.2 Å². The number of carbonyl (C=O) groups excluding carboxylic acids is 3. The third-order valence-electron chi connectivity index (χ3n) is 6.54. The minimum absolute atomic E-state index is 0.0255. The van der Waals surface area contributed by atoms with Gasteiger partial charge >= 0.3 is 0 Å². The van der Waals surface area contributed by atoms with Crippen molar-refractivity contribution in [2.75, 3.05) is 6.61 Å². The maximum Gasteiger partial charge on any atom is 0.255 e. The van der Waals surface area contributed by atoms with Gasteiger partial charge < -0.3 is 25.8 Å². The highest BCUT2D eigenvalue weighted by atomic mass is 16.5.